The van der Waals surface area contributed by atoms with Crippen LogP contribution in [-0.2, 0) is 28.6 Å². The van der Waals surface area contributed by atoms with E-state index in [1.165, 1.54) is 128 Å². The van der Waals surface area contributed by atoms with E-state index in [1.54, 1.807) is 0 Å². The third-order valence-electron chi connectivity index (χ3n) is 10.3. The van der Waals surface area contributed by atoms with Gasteiger partial charge in [0.15, 0.2) is 6.10 Å². The molecule has 0 aliphatic heterocycles. The molecular weight excluding hydrogens is 636 g/mol. The number of ether oxygens (including phenoxy) is 3. The first kappa shape index (κ1) is 49.4. The fourth-order valence-corrected chi connectivity index (χ4v) is 6.54. The maximum Gasteiger partial charge on any atom is 0.306 e. The SMILES string of the molecule is CCCCCCCCCCCC(=O)O[C@H](COC(=O)CCCCCCCCCCCC(C)C)COC(=O)CCCCCCCCCCC(C)CC. The van der Waals surface area contributed by atoms with Gasteiger partial charge < -0.3 is 14.2 Å². The van der Waals surface area contributed by atoms with Crippen molar-refractivity contribution in [2.75, 3.05) is 13.2 Å². The second-order valence-corrected chi connectivity index (χ2v) is 16.1. The summed E-state index contributed by atoms with van der Waals surface area (Å²) in [5, 5.41) is 0. The Hall–Kier alpha value is -1.59. The molecule has 0 aliphatic carbocycles. The van der Waals surface area contributed by atoms with Gasteiger partial charge in [0.25, 0.3) is 0 Å². The molecule has 0 bridgehead atoms. The average Bonchev–Trinajstić information content (AvgIpc) is 3.11. The highest BCUT2D eigenvalue weighted by Gasteiger charge is 2.19. The Balaban J connectivity index is 4.33. The highest BCUT2D eigenvalue weighted by molar-refractivity contribution is 5.71. The van der Waals surface area contributed by atoms with Crippen molar-refractivity contribution in [2.24, 2.45) is 11.8 Å². The van der Waals surface area contributed by atoms with Gasteiger partial charge in [-0.3, -0.25) is 14.4 Å². The Morgan fingerprint density at radius 3 is 1.12 bits per heavy atom. The first-order valence-corrected chi connectivity index (χ1v) is 22.3. The lowest BCUT2D eigenvalue weighted by Crippen LogP contribution is -2.30. The Morgan fingerprint density at radius 1 is 0.412 bits per heavy atom. The van der Waals surface area contributed by atoms with Crippen LogP contribution in [0.2, 0.25) is 0 Å². The maximum atomic E-state index is 12.6. The molecule has 6 nitrogen and oxygen atoms in total. The number of carbonyl (C=O) groups excluding carboxylic acids is 3. The van der Waals surface area contributed by atoms with E-state index in [1.807, 2.05) is 0 Å². The normalized spacial score (nSPS) is 12.6. The van der Waals surface area contributed by atoms with Crippen LogP contribution in [0.3, 0.4) is 0 Å². The summed E-state index contributed by atoms with van der Waals surface area (Å²) < 4.78 is 16.7. The van der Waals surface area contributed by atoms with E-state index in [2.05, 4.69) is 34.6 Å². The number of rotatable bonds is 39. The van der Waals surface area contributed by atoms with Gasteiger partial charge >= 0.3 is 17.9 Å². The van der Waals surface area contributed by atoms with Gasteiger partial charge in [0.1, 0.15) is 13.2 Å². The lowest BCUT2D eigenvalue weighted by Gasteiger charge is -2.18. The zero-order valence-corrected chi connectivity index (χ0v) is 34.7. The quantitative estimate of drug-likeness (QED) is 0.0357. The van der Waals surface area contributed by atoms with Crippen LogP contribution in [0.1, 0.15) is 240 Å². The van der Waals surface area contributed by atoms with Gasteiger partial charge in [-0.25, -0.2) is 0 Å². The van der Waals surface area contributed by atoms with Crippen LogP contribution < -0.4 is 0 Å². The summed E-state index contributed by atoms with van der Waals surface area (Å²) in [6, 6.07) is 0. The van der Waals surface area contributed by atoms with Crippen molar-refractivity contribution in [3.05, 3.63) is 0 Å². The van der Waals surface area contributed by atoms with Crippen molar-refractivity contribution >= 4 is 17.9 Å². The number of carbonyl (C=O) groups is 3. The monoisotopic (exact) mass is 723 g/mol. The molecule has 51 heavy (non-hydrogen) atoms. The Morgan fingerprint density at radius 2 is 0.745 bits per heavy atom. The molecule has 0 saturated heterocycles. The number of hydrogen-bond donors (Lipinski definition) is 0. The molecule has 0 amide bonds. The molecule has 0 aromatic heterocycles. The number of esters is 3. The molecule has 0 rings (SSSR count). The average molecular weight is 723 g/mol. The maximum absolute atomic E-state index is 12.6. The van der Waals surface area contributed by atoms with E-state index in [4.69, 9.17) is 14.2 Å². The summed E-state index contributed by atoms with van der Waals surface area (Å²) in [6.45, 7) is 11.3. The summed E-state index contributed by atoms with van der Waals surface area (Å²) in [7, 11) is 0. The highest BCUT2D eigenvalue weighted by atomic mass is 16.6. The number of hydrogen-bond acceptors (Lipinski definition) is 6. The zero-order valence-electron chi connectivity index (χ0n) is 34.7. The van der Waals surface area contributed by atoms with Crippen molar-refractivity contribution in [1.82, 2.24) is 0 Å². The third-order valence-corrected chi connectivity index (χ3v) is 10.3. The molecule has 0 heterocycles. The Kier molecular flexibility index (Phi) is 37.0. The fraction of sp³-hybridized carbons (Fsp3) is 0.933. The van der Waals surface area contributed by atoms with Gasteiger partial charge in [0, 0.05) is 19.3 Å². The second kappa shape index (κ2) is 38.1. The molecule has 0 fully saturated rings. The highest BCUT2D eigenvalue weighted by Crippen LogP contribution is 2.17. The van der Waals surface area contributed by atoms with Crippen LogP contribution in [0.25, 0.3) is 0 Å². The van der Waals surface area contributed by atoms with Gasteiger partial charge in [-0.2, -0.15) is 0 Å². The van der Waals surface area contributed by atoms with E-state index in [0.29, 0.717) is 19.3 Å². The minimum Gasteiger partial charge on any atom is -0.462 e. The largest absolute Gasteiger partial charge is 0.462 e. The van der Waals surface area contributed by atoms with Gasteiger partial charge in [0.05, 0.1) is 0 Å². The molecule has 302 valence electrons. The van der Waals surface area contributed by atoms with Crippen molar-refractivity contribution in [3.8, 4) is 0 Å². The summed E-state index contributed by atoms with van der Waals surface area (Å²) in [6.07, 6.45) is 35.1. The smallest absolute Gasteiger partial charge is 0.306 e. The third kappa shape index (κ3) is 38.0. The van der Waals surface area contributed by atoms with Crippen LogP contribution >= 0.6 is 0 Å². The molecule has 0 N–H and O–H groups in total. The Bertz CT molecular complexity index is 781. The minimum atomic E-state index is -0.759. The summed E-state index contributed by atoms with van der Waals surface area (Å²) in [4.78, 5) is 37.6. The molecule has 0 aliphatic rings. The summed E-state index contributed by atoms with van der Waals surface area (Å²) in [5.74, 6) is 0.793. The lowest BCUT2D eigenvalue weighted by atomic mass is 9.99. The van der Waals surface area contributed by atoms with Crippen LogP contribution in [0.5, 0.6) is 0 Å². The Labute approximate surface area is 317 Å². The van der Waals surface area contributed by atoms with Gasteiger partial charge in [-0.05, 0) is 31.1 Å². The molecular formula is C45H86O6. The summed E-state index contributed by atoms with van der Waals surface area (Å²) >= 11 is 0. The van der Waals surface area contributed by atoms with E-state index >= 15 is 0 Å². The predicted molar refractivity (Wildman–Crippen MR) is 215 cm³/mol. The number of unbranched alkanes of at least 4 members (excludes halogenated alkanes) is 23. The predicted octanol–water partition coefficient (Wildman–Crippen LogP) is 13.8. The minimum absolute atomic E-state index is 0.0657. The molecule has 0 radical (unpaired) electrons. The standard InChI is InChI=1S/C45H86O6/c1-6-8-9-10-11-13-22-27-32-37-45(48)51-42(38-49-43(46)35-30-25-20-15-12-14-18-23-28-33-40(3)4)39-50-44(47)36-31-26-21-17-16-19-24-29-34-41(5)7-2/h40-42H,6-39H2,1-5H3/t41?,42-/m1/s1. The summed E-state index contributed by atoms with van der Waals surface area (Å²) in [5.41, 5.74) is 0. The molecule has 6 heteroatoms. The molecule has 1 unspecified atom stereocenters. The molecule has 0 saturated carbocycles. The van der Waals surface area contributed by atoms with Crippen LogP contribution in [-0.4, -0.2) is 37.2 Å². The molecule has 2 atom stereocenters. The van der Waals surface area contributed by atoms with E-state index in [-0.39, 0.29) is 31.1 Å². The van der Waals surface area contributed by atoms with Crippen LogP contribution in [0, 0.1) is 11.8 Å². The van der Waals surface area contributed by atoms with E-state index < -0.39 is 6.10 Å². The van der Waals surface area contributed by atoms with E-state index in [0.717, 1.165) is 69.6 Å². The van der Waals surface area contributed by atoms with Crippen molar-refractivity contribution in [3.63, 3.8) is 0 Å². The fourth-order valence-electron chi connectivity index (χ4n) is 6.54. The topological polar surface area (TPSA) is 78.9 Å². The van der Waals surface area contributed by atoms with Gasteiger partial charge in [-0.15, -0.1) is 0 Å². The van der Waals surface area contributed by atoms with Crippen molar-refractivity contribution in [1.29, 1.82) is 0 Å². The first-order valence-electron chi connectivity index (χ1n) is 22.3. The van der Waals surface area contributed by atoms with E-state index in [9.17, 15) is 14.4 Å². The van der Waals surface area contributed by atoms with Crippen LogP contribution in [0.4, 0.5) is 0 Å². The van der Waals surface area contributed by atoms with Crippen molar-refractivity contribution < 1.29 is 28.6 Å². The molecule has 0 aromatic carbocycles. The van der Waals surface area contributed by atoms with Gasteiger partial charge in [0.2, 0.25) is 0 Å². The van der Waals surface area contributed by atoms with Crippen molar-refractivity contribution in [2.45, 2.75) is 246 Å². The first-order chi connectivity index (χ1) is 24.8. The molecule has 0 aromatic rings. The van der Waals surface area contributed by atoms with Crippen LogP contribution in [0.15, 0.2) is 0 Å². The second-order valence-electron chi connectivity index (χ2n) is 16.1. The lowest BCUT2D eigenvalue weighted by molar-refractivity contribution is -0.167. The molecule has 0 spiro atoms. The van der Waals surface area contributed by atoms with Gasteiger partial charge in [-0.1, -0.05) is 202 Å². The zero-order chi connectivity index (χ0) is 37.6.